The lowest BCUT2D eigenvalue weighted by Gasteiger charge is -2.35. The molecule has 1 saturated heterocycles. The van der Waals surface area contributed by atoms with E-state index < -0.39 is 12.0 Å². The Morgan fingerprint density at radius 1 is 1.02 bits per heavy atom. The number of piperazine rings is 1. The van der Waals surface area contributed by atoms with Gasteiger partial charge in [0.2, 0.25) is 5.91 Å². The van der Waals surface area contributed by atoms with E-state index in [4.69, 9.17) is 22.1 Å². The molecule has 1 aliphatic heterocycles. The number of hydrogen-bond donors (Lipinski definition) is 1. The molecule has 42 heavy (non-hydrogen) atoms. The number of nitrogens with zero attached hydrogens (tertiary/aromatic N) is 3. The van der Waals surface area contributed by atoms with E-state index in [1.807, 2.05) is 43.0 Å². The van der Waals surface area contributed by atoms with Crippen molar-refractivity contribution < 1.29 is 23.9 Å². The molecule has 2 aromatic carbocycles. The lowest BCUT2D eigenvalue weighted by atomic mass is 10.1. The number of methoxy groups -OCH3 is 1. The van der Waals surface area contributed by atoms with Crippen LogP contribution >= 0.6 is 23.4 Å². The maximum absolute atomic E-state index is 13.2. The van der Waals surface area contributed by atoms with E-state index in [0.29, 0.717) is 49.7 Å². The molecule has 0 bridgehead atoms. The third-order valence-electron chi connectivity index (χ3n) is 7.09. The molecule has 1 unspecified atom stereocenters. The van der Waals surface area contributed by atoms with Crippen LogP contribution in [0, 0.1) is 0 Å². The average molecular weight is 619 g/mol. The fraction of sp³-hybridized carbons (Fsp3) is 0.516. The number of ether oxygens (including phenoxy) is 2. The van der Waals surface area contributed by atoms with Crippen molar-refractivity contribution in [2.45, 2.75) is 38.8 Å². The third-order valence-corrected chi connectivity index (χ3v) is 8.31. The van der Waals surface area contributed by atoms with Gasteiger partial charge in [-0.15, -0.1) is 0 Å². The molecule has 2 N–H and O–H groups in total. The highest BCUT2D eigenvalue weighted by Crippen LogP contribution is 2.19. The minimum absolute atomic E-state index is 0.00239. The first-order chi connectivity index (χ1) is 20.2. The molecule has 0 aromatic heterocycles. The summed E-state index contributed by atoms with van der Waals surface area (Å²) in [5.41, 5.74) is 8.36. The van der Waals surface area contributed by atoms with Gasteiger partial charge in [0.05, 0.1) is 25.6 Å². The van der Waals surface area contributed by atoms with Crippen molar-refractivity contribution in [1.29, 1.82) is 0 Å². The smallest absolute Gasteiger partial charge is 0.322 e. The van der Waals surface area contributed by atoms with Crippen LogP contribution in [0.5, 0.6) is 0 Å². The normalized spacial score (nSPS) is 14.6. The third kappa shape index (κ3) is 10.9. The zero-order valence-electron chi connectivity index (χ0n) is 24.8. The average Bonchev–Trinajstić information content (AvgIpc) is 3.00. The predicted molar refractivity (Wildman–Crippen MR) is 169 cm³/mol. The van der Waals surface area contributed by atoms with E-state index in [-0.39, 0.29) is 23.7 Å². The minimum Gasteiger partial charge on any atom is -0.468 e. The highest BCUT2D eigenvalue weighted by molar-refractivity contribution is 7.99. The Labute approximate surface area is 258 Å². The van der Waals surface area contributed by atoms with Gasteiger partial charge in [0.15, 0.2) is 0 Å². The second kappa shape index (κ2) is 17.5. The Kier molecular flexibility index (Phi) is 14.1. The zero-order chi connectivity index (χ0) is 30.5. The zero-order valence-corrected chi connectivity index (χ0v) is 26.4. The molecule has 0 saturated carbocycles. The van der Waals surface area contributed by atoms with Crippen LogP contribution in [0.3, 0.4) is 0 Å². The van der Waals surface area contributed by atoms with E-state index in [9.17, 15) is 14.4 Å². The summed E-state index contributed by atoms with van der Waals surface area (Å²) in [6.07, 6.45) is 1.42. The lowest BCUT2D eigenvalue weighted by molar-refractivity contribution is -0.142. The second-order valence-corrected chi connectivity index (χ2v) is 12.0. The Morgan fingerprint density at radius 3 is 2.31 bits per heavy atom. The number of thioether (sulfide) groups is 1. The summed E-state index contributed by atoms with van der Waals surface area (Å²) in [6, 6.07) is 14.5. The standard InChI is InChI=1S/C31H43ClN4O5S/c1-23(2)41-20-19-36(29(37)22-42-21-13-28(33)31(39)40-3)27-10-6-25(7-11-27)30(38)35-17-15-34(16-18-35)14-12-24-4-8-26(32)9-5-24/h4-11,23,28H,12-22,33H2,1-3H3. The molecule has 2 aromatic rings. The van der Waals surface area contributed by atoms with Crippen LogP contribution < -0.4 is 10.6 Å². The summed E-state index contributed by atoms with van der Waals surface area (Å²) in [7, 11) is 1.31. The molecule has 0 spiro atoms. The van der Waals surface area contributed by atoms with Crippen LogP contribution in [-0.2, 0) is 25.5 Å². The number of hydrogen-bond acceptors (Lipinski definition) is 8. The maximum atomic E-state index is 13.2. The molecule has 3 rings (SSSR count). The number of esters is 1. The SMILES string of the molecule is COC(=O)C(N)CCSCC(=O)N(CCOC(C)C)c1ccc(C(=O)N2CCN(CCc3ccc(Cl)cc3)CC2)cc1. The maximum Gasteiger partial charge on any atom is 0.322 e. The largest absolute Gasteiger partial charge is 0.468 e. The summed E-state index contributed by atoms with van der Waals surface area (Å²) in [6.45, 7) is 8.65. The molecule has 9 nitrogen and oxygen atoms in total. The molecular weight excluding hydrogens is 576 g/mol. The van der Waals surface area contributed by atoms with Crippen LogP contribution in [0.25, 0.3) is 0 Å². The number of carbonyl (C=O) groups excluding carboxylic acids is 3. The first kappa shape index (κ1) is 33.9. The molecule has 11 heteroatoms. The van der Waals surface area contributed by atoms with Crippen molar-refractivity contribution in [3.05, 3.63) is 64.7 Å². The van der Waals surface area contributed by atoms with Gasteiger partial charge < -0.3 is 25.0 Å². The summed E-state index contributed by atoms with van der Waals surface area (Å²) < 4.78 is 10.4. The number of carbonyl (C=O) groups is 3. The van der Waals surface area contributed by atoms with Crippen LogP contribution in [0.1, 0.15) is 36.2 Å². The number of rotatable bonds is 15. The van der Waals surface area contributed by atoms with Gasteiger partial charge in [0.25, 0.3) is 5.91 Å². The number of halogens is 1. The van der Waals surface area contributed by atoms with Crippen LogP contribution in [0.4, 0.5) is 5.69 Å². The minimum atomic E-state index is -0.699. The van der Waals surface area contributed by atoms with Gasteiger partial charge >= 0.3 is 5.97 Å². The van der Waals surface area contributed by atoms with Crippen molar-refractivity contribution in [3.63, 3.8) is 0 Å². The quantitative estimate of drug-likeness (QED) is 0.238. The van der Waals surface area contributed by atoms with Crippen molar-refractivity contribution in [2.75, 3.05) is 69.4 Å². The number of amides is 2. The highest BCUT2D eigenvalue weighted by atomic mass is 35.5. The molecule has 1 heterocycles. The number of nitrogens with two attached hydrogens (primary N) is 1. The molecule has 1 aliphatic rings. The van der Waals surface area contributed by atoms with E-state index >= 15 is 0 Å². The summed E-state index contributed by atoms with van der Waals surface area (Å²) >= 11 is 7.40. The van der Waals surface area contributed by atoms with Gasteiger partial charge in [-0.1, -0.05) is 23.7 Å². The van der Waals surface area contributed by atoms with Crippen molar-refractivity contribution in [1.82, 2.24) is 9.80 Å². The van der Waals surface area contributed by atoms with Gasteiger partial charge in [-0.3, -0.25) is 19.3 Å². The van der Waals surface area contributed by atoms with Gasteiger partial charge in [0, 0.05) is 55.5 Å². The van der Waals surface area contributed by atoms with Crippen LogP contribution in [0.15, 0.2) is 48.5 Å². The molecular formula is C31H43ClN4O5S. The van der Waals surface area contributed by atoms with Gasteiger partial charge in [-0.25, -0.2) is 0 Å². The van der Waals surface area contributed by atoms with Gasteiger partial charge in [-0.2, -0.15) is 11.8 Å². The van der Waals surface area contributed by atoms with E-state index in [1.54, 1.807) is 17.0 Å². The summed E-state index contributed by atoms with van der Waals surface area (Å²) in [5, 5.41) is 0.743. The Hall–Kier alpha value is -2.63. The van der Waals surface area contributed by atoms with E-state index in [2.05, 4.69) is 21.8 Å². The first-order valence-corrected chi connectivity index (χ1v) is 15.9. The monoisotopic (exact) mass is 618 g/mol. The van der Waals surface area contributed by atoms with Crippen molar-refractivity contribution in [3.8, 4) is 0 Å². The molecule has 0 radical (unpaired) electrons. The topological polar surface area (TPSA) is 105 Å². The second-order valence-electron chi connectivity index (χ2n) is 10.5. The molecule has 1 fully saturated rings. The van der Waals surface area contributed by atoms with Gasteiger partial charge in [-0.05, 0) is 74.4 Å². The van der Waals surface area contributed by atoms with E-state index in [0.717, 1.165) is 31.1 Å². The van der Waals surface area contributed by atoms with Gasteiger partial charge in [0.1, 0.15) is 6.04 Å². The Bertz CT molecular complexity index is 1140. The number of anilines is 1. The first-order valence-electron chi connectivity index (χ1n) is 14.4. The fourth-order valence-corrected chi connectivity index (χ4v) is 5.60. The molecule has 230 valence electrons. The van der Waals surface area contributed by atoms with Crippen molar-refractivity contribution in [2.24, 2.45) is 5.73 Å². The van der Waals surface area contributed by atoms with Crippen LogP contribution in [-0.4, -0.2) is 104 Å². The van der Waals surface area contributed by atoms with Crippen LogP contribution in [0.2, 0.25) is 5.02 Å². The van der Waals surface area contributed by atoms with Crippen molar-refractivity contribution >= 4 is 46.8 Å². The Morgan fingerprint density at radius 2 is 1.69 bits per heavy atom. The predicted octanol–water partition coefficient (Wildman–Crippen LogP) is 3.72. The van der Waals surface area contributed by atoms with E-state index in [1.165, 1.54) is 24.4 Å². The number of benzene rings is 2. The fourth-order valence-electron chi connectivity index (χ4n) is 4.57. The highest BCUT2D eigenvalue weighted by Gasteiger charge is 2.23. The summed E-state index contributed by atoms with van der Waals surface area (Å²) in [5.74, 6) is 0.254. The Balaban J connectivity index is 1.52. The summed E-state index contributed by atoms with van der Waals surface area (Å²) in [4.78, 5) is 43.8. The lowest BCUT2D eigenvalue weighted by Crippen LogP contribution is -2.49. The molecule has 2 amide bonds. The molecule has 0 aliphatic carbocycles. The molecule has 1 atom stereocenters.